The van der Waals surface area contributed by atoms with Gasteiger partial charge in [0.25, 0.3) is 0 Å². The van der Waals surface area contributed by atoms with E-state index in [1.807, 2.05) is 0 Å². The fraction of sp³-hybridized carbons (Fsp3) is 0.529. The largest absolute Gasteiger partial charge is 0.465 e. The number of carbonyl (C=O) groups excluding carboxylic acids is 1. The molecule has 0 radical (unpaired) electrons. The number of nitrogens with one attached hydrogen (secondary N) is 1. The van der Waals surface area contributed by atoms with Gasteiger partial charge >= 0.3 is 6.09 Å². The number of amides is 2. The average molecular weight is 384 g/mol. The van der Waals surface area contributed by atoms with Crippen molar-refractivity contribution in [2.45, 2.75) is 37.7 Å². The molecular formula is C17H24N2O6S. The normalized spacial score (nSPS) is 19.8. The molecule has 3 atom stereocenters. The van der Waals surface area contributed by atoms with Crippen molar-refractivity contribution in [2.75, 3.05) is 13.7 Å². The number of hydrogen-bond donors (Lipinski definition) is 2. The summed E-state index contributed by atoms with van der Waals surface area (Å²) in [5.74, 6) is -1.84. The number of likely N-dealkylation sites (tertiary alicyclic amines) is 1. The summed E-state index contributed by atoms with van der Waals surface area (Å²) in [4.78, 5) is 25.0. The van der Waals surface area contributed by atoms with Crippen LogP contribution in [0.2, 0.25) is 0 Å². The van der Waals surface area contributed by atoms with E-state index in [1.54, 1.807) is 37.3 Å². The predicted octanol–water partition coefficient (Wildman–Crippen LogP) is 1.43. The summed E-state index contributed by atoms with van der Waals surface area (Å²) in [6.45, 7) is 1.92. The first kappa shape index (κ1) is 20.2. The van der Waals surface area contributed by atoms with E-state index in [2.05, 4.69) is 4.72 Å². The second kappa shape index (κ2) is 8.50. The van der Waals surface area contributed by atoms with Gasteiger partial charge in [0.2, 0.25) is 15.9 Å². The maximum Gasteiger partial charge on any atom is 0.407 e. The van der Waals surface area contributed by atoms with Gasteiger partial charge in [0, 0.05) is 13.7 Å². The molecule has 0 aromatic heterocycles. The topological polar surface area (TPSA) is 113 Å². The van der Waals surface area contributed by atoms with Gasteiger partial charge in [0.1, 0.15) is 0 Å². The Hall–Kier alpha value is -2.13. The standard InChI is InChI=1S/C17H24N2O6S/c1-12(15(25-2)14-9-6-10-19(14)17(21)22)16(20)18-26(23,24)11-13-7-4-3-5-8-13/h3-5,7-8,12,14-15H,6,9-11H2,1-2H3,(H,18,20)(H,21,22)/t12-,14+,15-/m1/s1. The fourth-order valence-corrected chi connectivity index (χ4v) is 4.49. The Morgan fingerprint density at radius 1 is 1.35 bits per heavy atom. The van der Waals surface area contributed by atoms with Gasteiger partial charge in [0.15, 0.2) is 0 Å². The molecule has 8 nitrogen and oxygen atoms in total. The summed E-state index contributed by atoms with van der Waals surface area (Å²) in [7, 11) is -2.46. The van der Waals surface area contributed by atoms with Crippen LogP contribution in [0.3, 0.4) is 0 Å². The molecule has 2 N–H and O–H groups in total. The number of methoxy groups -OCH3 is 1. The molecule has 144 valence electrons. The number of carboxylic acid groups (broad SMARTS) is 1. The summed E-state index contributed by atoms with van der Waals surface area (Å²) in [5, 5.41) is 9.27. The van der Waals surface area contributed by atoms with Crippen LogP contribution < -0.4 is 4.72 Å². The van der Waals surface area contributed by atoms with Crippen LogP contribution in [-0.4, -0.2) is 56.2 Å². The highest BCUT2D eigenvalue weighted by Crippen LogP contribution is 2.26. The molecule has 1 aliphatic heterocycles. The van der Waals surface area contributed by atoms with E-state index in [9.17, 15) is 23.1 Å². The Balaban J connectivity index is 2.06. The lowest BCUT2D eigenvalue weighted by molar-refractivity contribution is -0.128. The molecule has 1 aromatic rings. The number of rotatable bonds is 7. The van der Waals surface area contributed by atoms with Crippen LogP contribution in [0.4, 0.5) is 4.79 Å². The molecule has 1 saturated heterocycles. The lowest BCUT2D eigenvalue weighted by Gasteiger charge is -2.32. The minimum atomic E-state index is -3.86. The third kappa shape index (κ3) is 4.95. The van der Waals surface area contributed by atoms with E-state index in [0.29, 0.717) is 24.9 Å². The number of carbonyl (C=O) groups is 2. The third-order valence-corrected chi connectivity index (χ3v) is 5.78. The van der Waals surface area contributed by atoms with Crippen molar-refractivity contribution < 1.29 is 27.9 Å². The van der Waals surface area contributed by atoms with Crippen LogP contribution in [0.5, 0.6) is 0 Å². The highest BCUT2D eigenvalue weighted by molar-refractivity contribution is 7.89. The molecule has 0 aliphatic carbocycles. The molecule has 2 rings (SSSR count). The molecule has 1 aromatic carbocycles. The lowest BCUT2D eigenvalue weighted by atomic mass is 9.95. The van der Waals surface area contributed by atoms with Gasteiger partial charge in [-0.2, -0.15) is 0 Å². The van der Waals surface area contributed by atoms with Crippen LogP contribution in [0.1, 0.15) is 25.3 Å². The average Bonchev–Trinajstić information content (AvgIpc) is 3.05. The number of sulfonamides is 1. The van der Waals surface area contributed by atoms with Gasteiger partial charge < -0.3 is 14.7 Å². The molecule has 0 bridgehead atoms. The van der Waals surface area contributed by atoms with Gasteiger partial charge in [-0.05, 0) is 18.4 Å². The quantitative estimate of drug-likeness (QED) is 0.735. The summed E-state index contributed by atoms with van der Waals surface area (Å²) in [6.07, 6.45) is -0.546. The Kier molecular flexibility index (Phi) is 6.60. The van der Waals surface area contributed by atoms with Crippen molar-refractivity contribution in [3.8, 4) is 0 Å². The number of benzene rings is 1. The summed E-state index contributed by atoms with van der Waals surface area (Å²) < 4.78 is 31.9. The van der Waals surface area contributed by atoms with Gasteiger partial charge in [-0.25, -0.2) is 13.2 Å². The van der Waals surface area contributed by atoms with Crippen LogP contribution in [0, 0.1) is 5.92 Å². The monoisotopic (exact) mass is 384 g/mol. The second-order valence-electron chi connectivity index (χ2n) is 6.39. The molecular weight excluding hydrogens is 360 g/mol. The second-order valence-corrected chi connectivity index (χ2v) is 8.11. The van der Waals surface area contributed by atoms with Crippen LogP contribution in [-0.2, 0) is 25.3 Å². The Morgan fingerprint density at radius 2 is 2.00 bits per heavy atom. The third-order valence-electron chi connectivity index (χ3n) is 4.56. The maximum absolute atomic E-state index is 12.4. The molecule has 2 amide bonds. The van der Waals surface area contributed by atoms with Crippen molar-refractivity contribution in [2.24, 2.45) is 5.92 Å². The lowest BCUT2D eigenvalue weighted by Crippen LogP contribution is -2.50. The van der Waals surface area contributed by atoms with Crippen molar-refractivity contribution in [1.82, 2.24) is 9.62 Å². The molecule has 0 spiro atoms. The summed E-state index contributed by atoms with van der Waals surface area (Å²) in [5.41, 5.74) is 0.566. The highest BCUT2D eigenvalue weighted by atomic mass is 32.2. The van der Waals surface area contributed by atoms with E-state index in [1.165, 1.54) is 12.0 Å². The van der Waals surface area contributed by atoms with E-state index < -0.39 is 40.1 Å². The van der Waals surface area contributed by atoms with Crippen molar-refractivity contribution >= 4 is 22.0 Å². The first-order chi connectivity index (χ1) is 12.2. The predicted molar refractivity (Wildman–Crippen MR) is 94.9 cm³/mol. The molecule has 0 unspecified atom stereocenters. The van der Waals surface area contributed by atoms with Gasteiger partial charge in [0.05, 0.1) is 23.8 Å². The van der Waals surface area contributed by atoms with E-state index >= 15 is 0 Å². The Bertz CT molecular complexity index is 737. The molecule has 0 saturated carbocycles. The van der Waals surface area contributed by atoms with Gasteiger partial charge in [-0.1, -0.05) is 37.3 Å². The fourth-order valence-electron chi connectivity index (χ4n) is 3.29. The van der Waals surface area contributed by atoms with Crippen molar-refractivity contribution in [3.05, 3.63) is 35.9 Å². The summed E-state index contributed by atoms with van der Waals surface area (Å²) in [6, 6.07) is 8.06. The first-order valence-corrected chi connectivity index (χ1v) is 10.0. The zero-order valence-electron chi connectivity index (χ0n) is 14.8. The number of hydrogen-bond acceptors (Lipinski definition) is 5. The SMILES string of the molecule is CO[C@H]([C@@H](C)C(=O)NS(=O)(=O)Cc1ccccc1)[C@@H]1CCCN1C(=O)O. The zero-order chi connectivity index (χ0) is 19.3. The molecule has 1 aliphatic rings. The number of nitrogens with zero attached hydrogens (tertiary/aromatic N) is 1. The van der Waals surface area contributed by atoms with Crippen LogP contribution in [0.25, 0.3) is 0 Å². The first-order valence-electron chi connectivity index (χ1n) is 8.36. The molecule has 9 heteroatoms. The van der Waals surface area contributed by atoms with E-state index in [-0.39, 0.29) is 5.75 Å². The Morgan fingerprint density at radius 3 is 2.58 bits per heavy atom. The Labute approximate surface area is 153 Å². The smallest absolute Gasteiger partial charge is 0.407 e. The van der Waals surface area contributed by atoms with E-state index in [4.69, 9.17) is 4.74 Å². The van der Waals surface area contributed by atoms with Crippen molar-refractivity contribution in [3.63, 3.8) is 0 Å². The molecule has 1 heterocycles. The minimum absolute atomic E-state index is 0.311. The zero-order valence-corrected chi connectivity index (χ0v) is 15.6. The molecule has 1 fully saturated rings. The van der Waals surface area contributed by atoms with Crippen LogP contribution in [0.15, 0.2) is 30.3 Å². The molecule has 26 heavy (non-hydrogen) atoms. The van der Waals surface area contributed by atoms with Crippen LogP contribution >= 0.6 is 0 Å². The summed E-state index contributed by atoms with van der Waals surface area (Å²) >= 11 is 0. The maximum atomic E-state index is 12.4. The number of ether oxygens (including phenoxy) is 1. The van der Waals surface area contributed by atoms with Gasteiger partial charge in [-0.3, -0.25) is 9.52 Å². The van der Waals surface area contributed by atoms with Crippen molar-refractivity contribution in [1.29, 1.82) is 0 Å². The van der Waals surface area contributed by atoms with Gasteiger partial charge in [-0.15, -0.1) is 0 Å². The highest BCUT2D eigenvalue weighted by Gasteiger charge is 2.40. The minimum Gasteiger partial charge on any atom is -0.465 e. The van der Waals surface area contributed by atoms with E-state index in [0.717, 1.165) is 0 Å².